The quantitative estimate of drug-likeness (QED) is 0.649. The van der Waals surface area contributed by atoms with Crippen LogP contribution >= 0.6 is 11.3 Å². The maximum absolute atomic E-state index is 13.0. The lowest BCUT2D eigenvalue weighted by Crippen LogP contribution is -2.36. The molecular weight excluding hydrogens is 419 g/mol. The number of aromatic nitrogens is 1. The van der Waals surface area contributed by atoms with E-state index in [0.29, 0.717) is 18.9 Å². The van der Waals surface area contributed by atoms with Crippen molar-refractivity contribution in [3.63, 3.8) is 0 Å². The highest BCUT2D eigenvalue weighted by molar-refractivity contribution is 7.22. The number of para-hydroxylation sites is 1. The number of anilines is 2. The van der Waals surface area contributed by atoms with E-state index >= 15 is 0 Å². The van der Waals surface area contributed by atoms with Gasteiger partial charge in [-0.2, -0.15) is 13.2 Å². The number of carbonyl (C=O) groups is 1. The summed E-state index contributed by atoms with van der Waals surface area (Å²) in [4.78, 5) is 18.9. The highest BCUT2D eigenvalue weighted by Gasteiger charge is 2.34. The van der Waals surface area contributed by atoms with E-state index in [1.807, 2.05) is 0 Å². The van der Waals surface area contributed by atoms with Crippen LogP contribution in [0.25, 0.3) is 10.2 Å². The number of nitrogens with one attached hydrogen (secondary N) is 1. The van der Waals surface area contributed by atoms with Crippen LogP contribution in [0, 0.1) is 0 Å². The van der Waals surface area contributed by atoms with Crippen LogP contribution in [0.5, 0.6) is 5.75 Å². The number of amides is 1. The standard InChI is InChI=1S/C20H18F3N3O3S/c21-20(22,23)14-3-1-2-4-16(14)29-12-18(27)24-13-5-6-15-17(11-13)30-19(25-15)26-7-9-28-10-8-26/h1-6,11H,7-10,12H2,(H,24,27). The lowest BCUT2D eigenvalue weighted by Gasteiger charge is -2.25. The molecule has 0 saturated carbocycles. The number of ether oxygens (including phenoxy) is 2. The van der Waals surface area contributed by atoms with E-state index in [1.165, 1.54) is 29.5 Å². The normalized spacial score (nSPS) is 14.7. The summed E-state index contributed by atoms with van der Waals surface area (Å²) in [7, 11) is 0. The third-order valence-electron chi connectivity index (χ3n) is 4.49. The first-order chi connectivity index (χ1) is 14.4. The van der Waals surface area contributed by atoms with Crippen LogP contribution in [-0.2, 0) is 15.7 Å². The van der Waals surface area contributed by atoms with Gasteiger partial charge >= 0.3 is 6.18 Å². The molecule has 0 unspecified atom stereocenters. The molecule has 0 spiro atoms. The van der Waals surface area contributed by atoms with Crippen LogP contribution in [0.1, 0.15) is 5.56 Å². The largest absolute Gasteiger partial charge is 0.483 e. The summed E-state index contributed by atoms with van der Waals surface area (Å²) >= 11 is 1.51. The number of thiazole rings is 1. The fourth-order valence-corrected chi connectivity index (χ4v) is 4.10. The van der Waals surface area contributed by atoms with E-state index in [9.17, 15) is 18.0 Å². The Kier molecular flexibility index (Phi) is 5.78. The first-order valence-electron chi connectivity index (χ1n) is 9.22. The molecule has 1 fully saturated rings. The third kappa shape index (κ3) is 4.65. The molecule has 2 heterocycles. The Morgan fingerprint density at radius 3 is 2.73 bits per heavy atom. The molecule has 1 aromatic heterocycles. The van der Waals surface area contributed by atoms with Crippen molar-refractivity contribution in [1.82, 2.24) is 4.98 Å². The van der Waals surface area contributed by atoms with Crippen LogP contribution in [-0.4, -0.2) is 43.8 Å². The average molecular weight is 437 g/mol. The molecule has 2 aromatic carbocycles. The number of benzene rings is 2. The van der Waals surface area contributed by atoms with Gasteiger partial charge in [0.15, 0.2) is 11.7 Å². The SMILES string of the molecule is O=C(COc1ccccc1C(F)(F)F)Nc1ccc2nc(N3CCOCC3)sc2c1. The molecule has 1 saturated heterocycles. The van der Waals surface area contributed by atoms with Gasteiger partial charge in [0.2, 0.25) is 0 Å². The van der Waals surface area contributed by atoms with Crippen molar-refractivity contribution in [3.8, 4) is 5.75 Å². The summed E-state index contributed by atoms with van der Waals surface area (Å²) < 4.78 is 50.4. The Morgan fingerprint density at radius 2 is 1.97 bits per heavy atom. The number of morpholine rings is 1. The molecule has 1 aliphatic rings. The van der Waals surface area contributed by atoms with Crippen LogP contribution < -0.4 is 15.0 Å². The molecule has 1 amide bonds. The average Bonchev–Trinajstić information content (AvgIpc) is 3.16. The van der Waals surface area contributed by atoms with Crippen LogP contribution in [0.2, 0.25) is 0 Å². The molecule has 6 nitrogen and oxygen atoms in total. The maximum atomic E-state index is 13.0. The molecule has 0 atom stereocenters. The second-order valence-corrected chi connectivity index (χ2v) is 7.62. The summed E-state index contributed by atoms with van der Waals surface area (Å²) in [6.07, 6.45) is -4.55. The Bertz CT molecular complexity index is 1050. The van der Waals surface area contributed by atoms with Gasteiger partial charge in [-0.1, -0.05) is 23.5 Å². The zero-order valence-electron chi connectivity index (χ0n) is 15.7. The lowest BCUT2D eigenvalue weighted by molar-refractivity contribution is -0.139. The molecule has 158 valence electrons. The fraction of sp³-hybridized carbons (Fsp3) is 0.300. The van der Waals surface area contributed by atoms with Gasteiger partial charge in [-0.15, -0.1) is 0 Å². The van der Waals surface area contributed by atoms with Crippen molar-refractivity contribution in [2.75, 3.05) is 43.1 Å². The maximum Gasteiger partial charge on any atom is 0.419 e. The minimum atomic E-state index is -4.55. The van der Waals surface area contributed by atoms with E-state index in [-0.39, 0.29) is 5.75 Å². The summed E-state index contributed by atoms with van der Waals surface area (Å²) in [5.41, 5.74) is 0.423. The summed E-state index contributed by atoms with van der Waals surface area (Å²) in [5.74, 6) is -0.933. The topological polar surface area (TPSA) is 63.7 Å². The fourth-order valence-electron chi connectivity index (χ4n) is 3.05. The molecule has 1 N–H and O–H groups in total. The first-order valence-corrected chi connectivity index (χ1v) is 10.0. The summed E-state index contributed by atoms with van der Waals surface area (Å²) in [5, 5.41) is 3.54. The van der Waals surface area contributed by atoms with E-state index < -0.39 is 24.3 Å². The van der Waals surface area contributed by atoms with Crippen molar-refractivity contribution in [3.05, 3.63) is 48.0 Å². The van der Waals surface area contributed by atoms with Crippen LogP contribution in [0.3, 0.4) is 0 Å². The van der Waals surface area contributed by atoms with Crippen LogP contribution in [0.4, 0.5) is 24.0 Å². The molecule has 30 heavy (non-hydrogen) atoms. The van der Waals surface area contributed by atoms with Crippen molar-refractivity contribution in [2.24, 2.45) is 0 Å². The Balaban J connectivity index is 1.41. The first kappa shape index (κ1) is 20.4. The van der Waals surface area contributed by atoms with Crippen molar-refractivity contribution in [1.29, 1.82) is 0 Å². The molecule has 1 aliphatic heterocycles. The van der Waals surface area contributed by atoms with Gasteiger partial charge in [0.1, 0.15) is 5.75 Å². The van der Waals surface area contributed by atoms with Gasteiger partial charge in [0.05, 0.1) is 29.0 Å². The predicted molar refractivity (Wildman–Crippen MR) is 108 cm³/mol. The molecule has 0 radical (unpaired) electrons. The highest BCUT2D eigenvalue weighted by Crippen LogP contribution is 2.36. The van der Waals surface area contributed by atoms with Gasteiger partial charge in [-0.05, 0) is 30.3 Å². The molecule has 4 rings (SSSR count). The molecule has 0 aliphatic carbocycles. The van der Waals surface area contributed by atoms with Gasteiger partial charge in [-0.3, -0.25) is 4.79 Å². The van der Waals surface area contributed by atoms with Gasteiger partial charge in [0.25, 0.3) is 5.91 Å². The number of hydrogen-bond acceptors (Lipinski definition) is 6. The predicted octanol–water partition coefficient (Wildman–Crippen LogP) is 4.17. The smallest absolute Gasteiger partial charge is 0.419 e. The van der Waals surface area contributed by atoms with E-state index in [2.05, 4.69) is 15.2 Å². The lowest BCUT2D eigenvalue weighted by atomic mass is 10.2. The van der Waals surface area contributed by atoms with Crippen molar-refractivity contribution >= 4 is 38.3 Å². The molecule has 3 aromatic rings. The second kappa shape index (κ2) is 8.49. The van der Waals surface area contributed by atoms with E-state index in [1.54, 1.807) is 18.2 Å². The highest BCUT2D eigenvalue weighted by atomic mass is 32.1. The number of halogens is 3. The second-order valence-electron chi connectivity index (χ2n) is 6.61. The Morgan fingerprint density at radius 1 is 1.20 bits per heavy atom. The molecule has 10 heteroatoms. The Labute approximate surface area is 174 Å². The van der Waals surface area contributed by atoms with Crippen LogP contribution in [0.15, 0.2) is 42.5 Å². The monoisotopic (exact) mass is 437 g/mol. The number of fused-ring (bicyclic) bond motifs is 1. The van der Waals surface area contributed by atoms with E-state index in [4.69, 9.17) is 9.47 Å². The van der Waals surface area contributed by atoms with Crippen molar-refractivity contribution < 1.29 is 27.4 Å². The van der Waals surface area contributed by atoms with E-state index in [0.717, 1.165) is 34.5 Å². The number of rotatable bonds is 5. The molecule has 0 bridgehead atoms. The Hall–Kier alpha value is -2.85. The zero-order valence-corrected chi connectivity index (χ0v) is 16.6. The minimum absolute atomic E-state index is 0.381. The summed E-state index contributed by atoms with van der Waals surface area (Å²) in [6.45, 7) is 2.34. The van der Waals surface area contributed by atoms with Gasteiger partial charge < -0.3 is 19.7 Å². The van der Waals surface area contributed by atoms with Crippen molar-refractivity contribution in [2.45, 2.75) is 6.18 Å². The molecular formula is C20H18F3N3O3S. The zero-order chi connectivity index (χ0) is 21.1. The minimum Gasteiger partial charge on any atom is -0.483 e. The summed E-state index contributed by atoms with van der Waals surface area (Å²) in [6, 6.07) is 10.1. The van der Waals surface area contributed by atoms with Gasteiger partial charge in [-0.25, -0.2) is 4.98 Å². The van der Waals surface area contributed by atoms with Gasteiger partial charge in [0, 0.05) is 18.8 Å². The number of nitrogens with zero attached hydrogens (tertiary/aromatic N) is 2. The third-order valence-corrected chi connectivity index (χ3v) is 5.57. The number of hydrogen-bond donors (Lipinski definition) is 1. The number of carbonyl (C=O) groups excluding carboxylic acids is 1. The number of alkyl halides is 3.